The maximum Gasteiger partial charge on any atom is 0.212 e. The van der Waals surface area contributed by atoms with Crippen molar-refractivity contribution < 1.29 is 9.53 Å². The van der Waals surface area contributed by atoms with E-state index in [1.807, 2.05) is 35.0 Å². The second-order valence-electron chi connectivity index (χ2n) is 6.04. The molecular weight excluding hydrogens is 314 g/mol. The highest BCUT2D eigenvalue weighted by molar-refractivity contribution is 5.69. The van der Waals surface area contributed by atoms with Crippen LogP contribution in [0.2, 0.25) is 0 Å². The molecule has 1 unspecified atom stereocenters. The Labute approximate surface area is 148 Å². The molecule has 5 heteroatoms. The molecule has 1 heterocycles. The monoisotopic (exact) mass is 337 g/mol. The number of amides is 1. The highest BCUT2D eigenvalue weighted by Gasteiger charge is 2.20. The van der Waals surface area contributed by atoms with E-state index >= 15 is 0 Å². The van der Waals surface area contributed by atoms with Gasteiger partial charge in [-0.2, -0.15) is 0 Å². The smallest absolute Gasteiger partial charge is 0.212 e. The lowest BCUT2D eigenvalue weighted by molar-refractivity contribution is -0.105. The number of allylic oxidation sites excluding steroid dienone is 4. The summed E-state index contributed by atoms with van der Waals surface area (Å²) in [7, 11) is 1.65. The summed E-state index contributed by atoms with van der Waals surface area (Å²) in [5.74, 6) is 1.50. The van der Waals surface area contributed by atoms with Crippen LogP contribution in [-0.4, -0.2) is 23.3 Å². The Morgan fingerprint density at radius 2 is 2.24 bits per heavy atom. The number of para-hydroxylation sites is 2. The molecule has 0 aliphatic heterocycles. The van der Waals surface area contributed by atoms with E-state index in [1.54, 1.807) is 7.11 Å². The Kier molecular flexibility index (Phi) is 5.33. The van der Waals surface area contributed by atoms with Crippen LogP contribution in [0.25, 0.3) is 5.69 Å². The average Bonchev–Trinajstić information content (AvgIpc) is 3.06. The van der Waals surface area contributed by atoms with Crippen molar-refractivity contribution in [3.63, 3.8) is 0 Å². The molecule has 25 heavy (non-hydrogen) atoms. The van der Waals surface area contributed by atoms with E-state index in [0.717, 1.165) is 36.4 Å². The molecule has 0 fully saturated rings. The number of rotatable bonds is 7. The molecule has 1 aliphatic rings. The normalized spacial score (nSPS) is 16.4. The zero-order valence-electron chi connectivity index (χ0n) is 14.6. The molecule has 1 aromatic heterocycles. The van der Waals surface area contributed by atoms with E-state index in [-0.39, 0.29) is 5.92 Å². The maximum atomic E-state index is 10.9. The summed E-state index contributed by atoms with van der Waals surface area (Å²) in [6.45, 7) is 2.18. The summed E-state index contributed by atoms with van der Waals surface area (Å²) in [5, 5.41) is 7.22. The van der Waals surface area contributed by atoms with Crippen LogP contribution in [0.3, 0.4) is 0 Å². The third kappa shape index (κ3) is 3.65. The fourth-order valence-corrected chi connectivity index (χ4v) is 3.20. The van der Waals surface area contributed by atoms with Crippen LogP contribution in [0, 0.1) is 0 Å². The summed E-state index contributed by atoms with van der Waals surface area (Å²) in [6.07, 6.45) is 10.5. The van der Waals surface area contributed by atoms with Gasteiger partial charge >= 0.3 is 0 Å². The summed E-state index contributed by atoms with van der Waals surface area (Å²) in [4.78, 5) is 10.9. The number of aromatic nitrogens is 2. The predicted molar refractivity (Wildman–Crippen MR) is 99.3 cm³/mol. The van der Waals surface area contributed by atoms with Gasteiger partial charge in [-0.15, -0.1) is 5.10 Å². The molecule has 130 valence electrons. The van der Waals surface area contributed by atoms with Crippen LogP contribution in [0.15, 0.2) is 54.1 Å². The van der Waals surface area contributed by atoms with E-state index in [1.165, 1.54) is 5.57 Å². The molecule has 3 rings (SSSR count). The number of methoxy groups -OCH3 is 1. The van der Waals surface area contributed by atoms with Crippen LogP contribution >= 0.6 is 0 Å². The Bertz CT molecular complexity index is 805. The number of carbonyl (C=O) groups is 1. The van der Waals surface area contributed by atoms with Crippen molar-refractivity contribution in [2.24, 2.45) is 0 Å². The van der Waals surface area contributed by atoms with Crippen LogP contribution in [0.1, 0.15) is 37.8 Å². The quantitative estimate of drug-likeness (QED) is 0.770. The van der Waals surface area contributed by atoms with Gasteiger partial charge in [0.05, 0.1) is 12.8 Å². The standard InChI is InChI=1S/C20H23N3O2/c1-3-7-15-8-6-9-16(12-15)18-13-20(21-14-24)22-23(18)17-10-4-5-11-19(17)25-2/h4-6,8,10-14,16H,3,7,9H2,1-2H3,(H,21,22,24). The van der Waals surface area contributed by atoms with Crippen molar-refractivity contribution in [1.29, 1.82) is 0 Å². The van der Waals surface area contributed by atoms with E-state index in [4.69, 9.17) is 4.74 Å². The summed E-state index contributed by atoms with van der Waals surface area (Å²) < 4.78 is 7.36. The van der Waals surface area contributed by atoms with Gasteiger partial charge in [-0.3, -0.25) is 4.79 Å². The second-order valence-corrected chi connectivity index (χ2v) is 6.04. The van der Waals surface area contributed by atoms with Gasteiger partial charge in [0.15, 0.2) is 5.82 Å². The summed E-state index contributed by atoms with van der Waals surface area (Å²) in [6, 6.07) is 9.70. The third-order valence-electron chi connectivity index (χ3n) is 4.31. The number of hydrogen-bond donors (Lipinski definition) is 1. The van der Waals surface area contributed by atoms with Crippen molar-refractivity contribution in [3.05, 3.63) is 59.8 Å². The first-order valence-corrected chi connectivity index (χ1v) is 8.57. The zero-order chi connectivity index (χ0) is 17.6. The minimum atomic E-state index is 0.214. The van der Waals surface area contributed by atoms with E-state index in [2.05, 4.69) is 35.6 Å². The highest BCUT2D eigenvalue weighted by atomic mass is 16.5. The van der Waals surface area contributed by atoms with Crippen molar-refractivity contribution in [2.45, 2.75) is 32.1 Å². The molecule has 2 aromatic rings. The van der Waals surface area contributed by atoms with Gasteiger partial charge in [0.25, 0.3) is 0 Å². The van der Waals surface area contributed by atoms with Crippen molar-refractivity contribution in [3.8, 4) is 11.4 Å². The lowest BCUT2D eigenvalue weighted by Gasteiger charge is -2.19. The molecule has 0 radical (unpaired) electrons. The molecule has 1 atom stereocenters. The second kappa shape index (κ2) is 7.83. The summed E-state index contributed by atoms with van der Waals surface area (Å²) in [5.41, 5.74) is 3.24. The number of benzene rings is 1. The maximum absolute atomic E-state index is 10.9. The fourth-order valence-electron chi connectivity index (χ4n) is 3.20. The van der Waals surface area contributed by atoms with Gasteiger partial charge in [0, 0.05) is 12.0 Å². The number of nitrogens with one attached hydrogen (secondary N) is 1. The van der Waals surface area contributed by atoms with Crippen molar-refractivity contribution in [1.82, 2.24) is 9.78 Å². The molecular formula is C20H23N3O2. The Hall–Kier alpha value is -2.82. The van der Waals surface area contributed by atoms with Gasteiger partial charge < -0.3 is 10.1 Å². The van der Waals surface area contributed by atoms with Gasteiger partial charge in [-0.1, -0.05) is 49.3 Å². The number of ether oxygens (including phenoxy) is 1. The number of carbonyl (C=O) groups excluding carboxylic acids is 1. The predicted octanol–water partition coefficient (Wildman–Crippen LogP) is 4.22. The first-order valence-electron chi connectivity index (χ1n) is 8.57. The van der Waals surface area contributed by atoms with Crippen LogP contribution in [0.5, 0.6) is 5.75 Å². The number of hydrogen-bond acceptors (Lipinski definition) is 3. The zero-order valence-corrected chi connectivity index (χ0v) is 14.6. The number of anilines is 1. The van der Waals surface area contributed by atoms with Gasteiger partial charge in [-0.05, 0) is 25.0 Å². The fraction of sp³-hybridized carbons (Fsp3) is 0.300. The minimum absolute atomic E-state index is 0.214. The highest BCUT2D eigenvalue weighted by Crippen LogP contribution is 2.33. The molecule has 0 spiro atoms. The Balaban J connectivity index is 2.07. The molecule has 1 N–H and O–H groups in total. The molecule has 0 bridgehead atoms. The van der Waals surface area contributed by atoms with E-state index in [0.29, 0.717) is 12.2 Å². The molecule has 1 amide bonds. The first-order chi connectivity index (χ1) is 12.3. The van der Waals surface area contributed by atoms with Crippen molar-refractivity contribution in [2.75, 3.05) is 12.4 Å². The average molecular weight is 337 g/mol. The lowest BCUT2D eigenvalue weighted by atomic mass is 9.91. The topological polar surface area (TPSA) is 56.2 Å². The van der Waals surface area contributed by atoms with Gasteiger partial charge in [-0.25, -0.2) is 4.68 Å². The van der Waals surface area contributed by atoms with Crippen LogP contribution in [0.4, 0.5) is 5.82 Å². The van der Waals surface area contributed by atoms with Gasteiger partial charge in [0.2, 0.25) is 6.41 Å². The molecule has 0 saturated carbocycles. The van der Waals surface area contributed by atoms with Gasteiger partial charge in [0.1, 0.15) is 11.4 Å². The molecule has 1 aliphatic carbocycles. The van der Waals surface area contributed by atoms with E-state index < -0.39 is 0 Å². The van der Waals surface area contributed by atoms with E-state index in [9.17, 15) is 4.79 Å². The molecule has 1 aromatic carbocycles. The summed E-state index contributed by atoms with van der Waals surface area (Å²) >= 11 is 0. The lowest BCUT2D eigenvalue weighted by Crippen LogP contribution is -2.09. The number of nitrogens with zero attached hydrogens (tertiary/aromatic N) is 2. The van der Waals surface area contributed by atoms with Crippen LogP contribution < -0.4 is 10.1 Å². The first kappa shape index (κ1) is 17.0. The molecule has 0 saturated heterocycles. The van der Waals surface area contributed by atoms with Crippen LogP contribution in [-0.2, 0) is 4.79 Å². The largest absolute Gasteiger partial charge is 0.494 e. The third-order valence-corrected chi connectivity index (χ3v) is 4.31. The van der Waals surface area contributed by atoms with Crippen molar-refractivity contribution >= 4 is 12.2 Å². The SMILES string of the molecule is CCCC1=CC(c2cc(NC=O)nn2-c2ccccc2OC)CC=C1. The Morgan fingerprint density at radius 1 is 1.40 bits per heavy atom. The molecule has 5 nitrogen and oxygen atoms in total. The minimum Gasteiger partial charge on any atom is -0.494 e. The Morgan fingerprint density at radius 3 is 3.00 bits per heavy atom.